The summed E-state index contributed by atoms with van der Waals surface area (Å²) < 4.78 is 5.50. The van der Waals surface area contributed by atoms with Gasteiger partial charge >= 0.3 is 0 Å². The zero-order valence-electron chi connectivity index (χ0n) is 14.9. The summed E-state index contributed by atoms with van der Waals surface area (Å²) in [5.74, 6) is 0.932. The summed E-state index contributed by atoms with van der Waals surface area (Å²) in [7, 11) is 4.03. The highest BCUT2D eigenvalue weighted by molar-refractivity contribution is 5.91. The van der Waals surface area contributed by atoms with Gasteiger partial charge in [-0.15, -0.1) is 0 Å². The van der Waals surface area contributed by atoms with Gasteiger partial charge in [-0.1, -0.05) is 17.7 Å². The Morgan fingerprint density at radius 3 is 2.50 bits per heavy atom. The number of hydrogen-bond donors (Lipinski definition) is 2. The molecule has 0 saturated carbocycles. The van der Waals surface area contributed by atoms with Crippen LogP contribution in [0, 0.1) is 6.92 Å². The van der Waals surface area contributed by atoms with Gasteiger partial charge in [0.15, 0.2) is 0 Å². The summed E-state index contributed by atoms with van der Waals surface area (Å²) in [6, 6.07) is 11.9. The lowest BCUT2D eigenvalue weighted by Gasteiger charge is -2.24. The van der Waals surface area contributed by atoms with E-state index in [0.717, 1.165) is 18.0 Å². The van der Waals surface area contributed by atoms with E-state index in [9.17, 15) is 4.79 Å². The second-order valence-electron chi connectivity index (χ2n) is 6.42. The summed E-state index contributed by atoms with van der Waals surface area (Å²) in [4.78, 5) is 14.2. The summed E-state index contributed by atoms with van der Waals surface area (Å²) in [5.41, 5.74) is 2.01. The number of nitrogens with one attached hydrogen (secondary N) is 2. The first-order valence-corrected chi connectivity index (χ1v) is 8.25. The maximum atomic E-state index is 12.1. The van der Waals surface area contributed by atoms with E-state index < -0.39 is 0 Å². The largest absolute Gasteiger partial charge is 0.468 e. The van der Waals surface area contributed by atoms with E-state index in [2.05, 4.69) is 15.5 Å². The zero-order valence-corrected chi connectivity index (χ0v) is 14.9. The number of amides is 1. The molecule has 1 amide bonds. The smallest absolute Gasteiger partial charge is 0.225 e. The monoisotopic (exact) mass is 329 g/mol. The molecular weight excluding hydrogens is 302 g/mol. The first-order chi connectivity index (χ1) is 11.5. The quantitative estimate of drug-likeness (QED) is 0.781. The molecule has 5 nitrogen and oxygen atoms in total. The highest BCUT2D eigenvalue weighted by atomic mass is 16.3. The topological polar surface area (TPSA) is 57.5 Å². The fourth-order valence-electron chi connectivity index (χ4n) is 2.53. The van der Waals surface area contributed by atoms with Gasteiger partial charge in [-0.25, -0.2) is 0 Å². The third-order valence-electron chi connectivity index (χ3n) is 3.98. The van der Waals surface area contributed by atoms with Crippen LogP contribution in [-0.2, 0) is 4.79 Å². The van der Waals surface area contributed by atoms with Gasteiger partial charge in [0.05, 0.1) is 12.3 Å². The number of carbonyl (C=O) groups is 1. The Morgan fingerprint density at radius 1 is 1.21 bits per heavy atom. The zero-order chi connectivity index (χ0) is 17.5. The average Bonchev–Trinajstić information content (AvgIpc) is 3.03. The van der Waals surface area contributed by atoms with E-state index in [4.69, 9.17) is 4.42 Å². The third-order valence-corrected chi connectivity index (χ3v) is 3.98. The molecule has 1 aromatic carbocycles. The molecule has 1 aromatic heterocycles. The fourth-order valence-corrected chi connectivity index (χ4v) is 2.53. The summed E-state index contributed by atoms with van der Waals surface area (Å²) in [6.07, 6.45) is 2.11. The number of rotatable bonds is 8. The van der Waals surface area contributed by atoms with Gasteiger partial charge in [-0.05, 0) is 52.2 Å². The van der Waals surface area contributed by atoms with Crippen molar-refractivity contribution in [2.75, 3.05) is 26.0 Å². The maximum absolute atomic E-state index is 12.1. The number of furan rings is 1. The Morgan fingerprint density at radius 2 is 1.92 bits per heavy atom. The molecule has 0 aliphatic heterocycles. The van der Waals surface area contributed by atoms with E-state index in [-0.39, 0.29) is 18.0 Å². The third kappa shape index (κ3) is 5.51. The molecule has 0 saturated heterocycles. The molecule has 2 aromatic rings. The Hall–Kier alpha value is -2.11. The molecule has 0 aliphatic carbocycles. The Bertz CT molecular complexity index is 621. The average molecular weight is 329 g/mol. The van der Waals surface area contributed by atoms with Crippen molar-refractivity contribution < 1.29 is 9.21 Å². The Labute approximate surface area is 144 Å². The Kier molecular flexibility index (Phi) is 6.58. The number of anilines is 1. The fraction of sp³-hybridized carbons (Fsp3) is 0.421. The van der Waals surface area contributed by atoms with Crippen molar-refractivity contribution in [3.8, 4) is 0 Å². The van der Waals surface area contributed by atoms with E-state index in [1.54, 1.807) is 6.26 Å². The second kappa shape index (κ2) is 8.66. The number of benzene rings is 1. The van der Waals surface area contributed by atoms with Crippen molar-refractivity contribution in [1.29, 1.82) is 0 Å². The predicted octanol–water partition coefficient (Wildman–Crippen LogP) is 3.20. The van der Waals surface area contributed by atoms with Crippen molar-refractivity contribution in [2.45, 2.75) is 32.4 Å². The molecule has 0 spiro atoms. The molecule has 0 radical (unpaired) electrons. The molecule has 0 bridgehead atoms. The number of aryl methyl sites for hydroxylation is 1. The number of carbonyl (C=O) groups excluding carboxylic acids is 1. The van der Waals surface area contributed by atoms with Gasteiger partial charge in [0, 0.05) is 24.7 Å². The molecule has 5 heteroatoms. The number of nitrogens with zero attached hydrogens (tertiary/aromatic N) is 1. The van der Waals surface area contributed by atoms with Crippen LogP contribution in [0.25, 0.3) is 0 Å². The van der Waals surface area contributed by atoms with Crippen molar-refractivity contribution in [1.82, 2.24) is 10.2 Å². The van der Waals surface area contributed by atoms with Gasteiger partial charge in [0.2, 0.25) is 5.91 Å². The van der Waals surface area contributed by atoms with Crippen LogP contribution < -0.4 is 10.6 Å². The van der Waals surface area contributed by atoms with Crippen molar-refractivity contribution in [3.63, 3.8) is 0 Å². The lowest BCUT2D eigenvalue weighted by Crippen LogP contribution is -2.37. The van der Waals surface area contributed by atoms with Gasteiger partial charge in [-0.2, -0.15) is 0 Å². The molecule has 2 atom stereocenters. The molecule has 2 rings (SSSR count). The SMILES string of the molecule is Cc1ccc(NC(=O)C[C@H](C)NC[C@H](c2ccco2)N(C)C)cc1. The van der Waals surface area contributed by atoms with Crippen LogP contribution in [0.3, 0.4) is 0 Å². The van der Waals surface area contributed by atoms with Crippen LogP contribution in [0.5, 0.6) is 0 Å². The van der Waals surface area contributed by atoms with Crippen molar-refractivity contribution >= 4 is 11.6 Å². The molecule has 0 aliphatic rings. The maximum Gasteiger partial charge on any atom is 0.225 e. The summed E-state index contributed by atoms with van der Waals surface area (Å²) in [5, 5.41) is 6.35. The standard InChI is InChI=1S/C19H27N3O2/c1-14-7-9-16(10-8-14)21-19(23)12-15(2)20-13-17(22(3)4)18-6-5-11-24-18/h5-11,15,17,20H,12-13H2,1-4H3,(H,21,23)/t15-,17+/m0/s1. The van der Waals surface area contributed by atoms with Crippen LogP contribution in [0.15, 0.2) is 47.1 Å². The van der Waals surface area contributed by atoms with Crippen LogP contribution in [0.4, 0.5) is 5.69 Å². The minimum absolute atomic E-state index is 0.0123. The van der Waals surface area contributed by atoms with E-state index >= 15 is 0 Å². The number of hydrogen-bond acceptors (Lipinski definition) is 4. The first kappa shape index (κ1) is 18.2. The molecule has 2 N–H and O–H groups in total. The molecule has 130 valence electrons. The summed E-state index contributed by atoms with van der Waals surface area (Å²) >= 11 is 0. The normalized spacial score (nSPS) is 13.7. The van der Waals surface area contributed by atoms with Gasteiger partial charge in [0.1, 0.15) is 5.76 Å². The molecule has 1 heterocycles. The van der Waals surface area contributed by atoms with Crippen LogP contribution >= 0.6 is 0 Å². The van der Waals surface area contributed by atoms with Gasteiger partial charge in [0.25, 0.3) is 0 Å². The van der Waals surface area contributed by atoms with E-state index in [1.807, 2.05) is 64.3 Å². The van der Waals surface area contributed by atoms with Gasteiger partial charge in [-0.3, -0.25) is 9.69 Å². The minimum Gasteiger partial charge on any atom is -0.468 e. The minimum atomic E-state index is 0.0123. The van der Waals surface area contributed by atoms with E-state index in [1.165, 1.54) is 5.56 Å². The number of likely N-dealkylation sites (N-methyl/N-ethyl adjacent to an activating group) is 1. The van der Waals surface area contributed by atoms with E-state index in [0.29, 0.717) is 6.42 Å². The highest BCUT2D eigenvalue weighted by Crippen LogP contribution is 2.18. The molecule has 0 fully saturated rings. The predicted molar refractivity (Wildman–Crippen MR) is 97.0 cm³/mol. The highest BCUT2D eigenvalue weighted by Gasteiger charge is 2.18. The lowest BCUT2D eigenvalue weighted by molar-refractivity contribution is -0.116. The summed E-state index contributed by atoms with van der Waals surface area (Å²) in [6.45, 7) is 4.76. The Balaban J connectivity index is 1.80. The van der Waals surface area contributed by atoms with Crippen LogP contribution in [0.2, 0.25) is 0 Å². The molecular formula is C19H27N3O2. The van der Waals surface area contributed by atoms with Gasteiger partial charge < -0.3 is 15.1 Å². The lowest BCUT2D eigenvalue weighted by atomic mass is 10.1. The van der Waals surface area contributed by atoms with Crippen LogP contribution in [0.1, 0.15) is 30.7 Å². The second-order valence-corrected chi connectivity index (χ2v) is 6.42. The molecule has 24 heavy (non-hydrogen) atoms. The first-order valence-electron chi connectivity index (χ1n) is 8.25. The molecule has 0 unspecified atom stereocenters. The van der Waals surface area contributed by atoms with Crippen molar-refractivity contribution in [2.24, 2.45) is 0 Å². The van der Waals surface area contributed by atoms with Crippen LogP contribution in [-0.4, -0.2) is 37.5 Å². The van der Waals surface area contributed by atoms with Crippen molar-refractivity contribution in [3.05, 3.63) is 54.0 Å².